The number of aromatic hydroxyl groups is 1. The van der Waals surface area contributed by atoms with Gasteiger partial charge < -0.3 is 10.2 Å². The first-order chi connectivity index (χ1) is 10.3. The van der Waals surface area contributed by atoms with Gasteiger partial charge in [-0.2, -0.15) is 0 Å². The number of phenols is 1. The van der Waals surface area contributed by atoms with Gasteiger partial charge in [0, 0.05) is 30.8 Å². The first-order valence-electron chi connectivity index (χ1n) is 7.70. The van der Waals surface area contributed by atoms with Crippen LogP contribution < -0.4 is 0 Å². The van der Waals surface area contributed by atoms with E-state index in [1.165, 1.54) is 18.4 Å². The Bertz CT molecular complexity index is 613. The molecule has 1 fully saturated rings. The molecule has 2 heterocycles. The minimum atomic E-state index is 0.236. The van der Waals surface area contributed by atoms with Gasteiger partial charge in [0.05, 0.1) is 0 Å². The van der Waals surface area contributed by atoms with Crippen LogP contribution in [0.25, 0.3) is 10.9 Å². The van der Waals surface area contributed by atoms with Crippen LogP contribution in [-0.4, -0.2) is 39.3 Å². The van der Waals surface area contributed by atoms with Gasteiger partial charge in [-0.25, -0.2) is 0 Å². The minimum Gasteiger partial charge on any atom is -0.506 e. The molecule has 21 heavy (non-hydrogen) atoms. The first-order valence-corrected chi connectivity index (χ1v) is 7.70. The Kier molecular flexibility index (Phi) is 4.36. The fraction of sp³-hybridized carbons (Fsp3) is 0.471. The van der Waals surface area contributed by atoms with Crippen molar-refractivity contribution in [2.75, 3.05) is 13.2 Å². The van der Waals surface area contributed by atoms with Crippen LogP contribution in [-0.2, 0) is 6.54 Å². The second-order valence-corrected chi connectivity index (χ2v) is 5.78. The second kappa shape index (κ2) is 6.41. The van der Waals surface area contributed by atoms with Crippen LogP contribution in [0.4, 0.5) is 0 Å². The Morgan fingerprint density at radius 3 is 3.00 bits per heavy atom. The summed E-state index contributed by atoms with van der Waals surface area (Å²) in [6.07, 6.45) is 6.18. The Labute approximate surface area is 125 Å². The molecule has 0 radical (unpaired) electrons. The van der Waals surface area contributed by atoms with Gasteiger partial charge in [0.1, 0.15) is 11.3 Å². The van der Waals surface area contributed by atoms with Crippen molar-refractivity contribution in [1.82, 2.24) is 9.88 Å². The Morgan fingerprint density at radius 2 is 2.14 bits per heavy atom. The fourth-order valence-electron chi connectivity index (χ4n) is 3.32. The van der Waals surface area contributed by atoms with E-state index >= 15 is 0 Å². The van der Waals surface area contributed by atoms with Crippen LogP contribution in [0.3, 0.4) is 0 Å². The van der Waals surface area contributed by atoms with E-state index in [4.69, 9.17) is 0 Å². The summed E-state index contributed by atoms with van der Waals surface area (Å²) >= 11 is 0. The fourth-order valence-corrected chi connectivity index (χ4v) is 3.32. The summed E-state index contributed by atoms with van der Waals surface area (Å²) in [5.41, 5.74) is 1.87. The molecule has 2 N–H and O–H groups in total. The summed E-state index contributed by atoms with van der Waals surface area (Å²) in [5, 5.41) is 20.2. The normalized spacial score (nSPS) is 20.0. The molecule has 1 aromatic heterocycles. The molecular weight excluding hydrogens is 264 g/mol. The molecule has 0 saturated carbocycles. The lowest BCUT2D eigenvalue weighted by molar-refractivity contribution is 0.113. The third-order valence-corrected chi connectivity index (χ3v) is 4.42. The molecule has 1 unspecified atom stereocenters. The average molecular weight is 286 g/mol. The molecule has 4 heteroatoms. The highest BCUT2D eigenvalue weighted by Gasteiger charge is 2.22. The molecule has 112 valence electrons. The Hall–Kier alpha value is -1.65. The molecule has 2 aromatic rings. The van der Waals surface area contributed by atoms with Crippen LogP contribution in [0.2, 0.25) is 0 Å². The quantitative estimate of drug-likeness (QED) is 0.907. The van der Waals surface area contributed by atoms with Crippen molar-refractivity contribution in [3.05, 3.63) is 36.0 Å². The molecule has 1 aliphatic heterocycles. The summed E-state index contributed by atoms with van der Waals surface area (Å²) < 4.78 is 0. The van der Waals surface area contributed by atoms with Crippen LogP contribution in [0, 0.1) is 0 Å². The van der Waals surface area contributed by atoms with Crippen molar-refractivity contribution in [2.24, 2.45) is 0 Å². The molecular formula is C17H22N2O2. The highest BCUT2D eigenvalue weighted by atomic mass is 16.3. The van der Waals surface area contributed by atoms with Crippen LogP contribution in [0.1, 0.15) is 31.2 Å². The number of likely N-dealkylation sites (tertiary alicyclic amines) is 1. The zero-order valence-electron chi connectivity index (χ0n) is 12.2. The van der Waals surface area contributed by atoms with Gasteiger partial charge in [-0.15, -0.1) is 0 Å². The van der Waals surface area contributed by atoms with Gasteiger partial charge in [-0.3, -0.25) is 9.88 Å². The predicted octanol–water partition coefficient (Wildman–Crippen LogP) is 2.68. The van der Waals surface area contributed by atoms with Gasteiger partial charge >= 0.3 is 0 Å². The number of benzene rings is 1. The standard InChI is InChI=1S/C17H22N2O2/c20-11-8-14-4-1-2-10-19(14)12-13-6-7-16(21)17-15(13)5-3-9-18-17/h3,5-7,9,14,20-21H,1-2,4,8,10-12H2. The maximum Gasteiger partial charge on any atom is 0.141 e. The lowest BCUT2D eigenvalue weighted by Crippen LogP contribution is -2.39. The Morgan fingerprint density at radius 1 is 1.24 bits per heavy atom. The van der Waals surface area contributed by atoms with Crippen LogP contribution in [0.5, 0.6) is 5.75 Å². The Balaban J connectivity index is 1.88. The predicted molar refractivity (Wildman–Crippen MR) is 83.2 cm³/mol. The summed E-state index contributed by atoms with van der Waals surface area (Å²) in [4.78, 5) is 6.74. The van der Waals surface area contributed by atoms with E-state index in [0.29, 0.717) is 11.6 Å². The summed E-state index contributed by atoms with van der Waals surface area (Å²) in [6, 6.07) is 8.11. The largest absolute Gasteiger partial charge is 0.506 e. The molecule has 1 atom stereocenters. The van der Waals surface area contributed by atoms with Crippen molar-refractivity contribution in [2.45, 2.75) is 38.3 Å². The first kappa shape index (κ1) is 14.3. The molecule has 1 saturated heterocycles. The van der Waals surface area contributed by atoms with E-state index < -0.39 is 0 Å². The minimum absolute atomic E-state index is 0.236. The summed E-state index contributed by atoms with van der Waals surface area (Å²) in [7, 11) is 0. The van der Waals surface area contributed by atoms with Crippen molar-refractivity contribution >= 4 is 10.9 Å². The number of hydrogen-bond acceptors (Lipinski definition) is 4. The summed E-state index contributed by atoms with van der Waals surface area (Å²) in [6.45, 7) is 2.18. The third-order valence-electron chi connectivity index (χ3n) is 4.42. The highest BCUT2D eigenvalue weighted by molar-refractivity contribution is 5.87. The van der Waals surface area contributed by atoms with E-state index in [0.717, 1.165) is 31.3 Å². The monoisotopic (exact) mass is 286 g/mol. The van der Waals surface area contributed by atoms with Crippen molar-refractivity contribution < 1.29 is 10.2 Å². The topological polar surface area (TPSA) is 56.6 Å². The molecule has 0 amide bonds. The molecule has 0 spiro atoms. The molecule has 3 rings (SSSR count). The number of hydrogen-bond donors (Lipinski definition) is 2. The lowest BCUT2D eigenvalue weighted by Gasteiger charge is -2.35. The zero-order chi connectivity index (χ0) is 14.7. The van der Waals surface area contributed by atoms with E-state index in [-0.39, 0.29) is 12.4 Å². The number of aliphatic hydroxyl groups excluding tert-OH is 1. The maximum absolute atomic E-state index is 9.93. The van der Waals surface area contributed by atoms with Crippen molar-refractivity contribution in [3.8, 4) is 5.75 Å². The molecule has 0 bridgehead atoms. The van der Waals surface area contributed by atoms with Gasteiger partial charge in [0.15, 0.2) is 0 Å². The van der Waals surface area contributed by atoms with E-state index in [1.54, 1.807) is 12.3 Å². The molecule has 1 aliphatic rings. The zero-order valence-corrected chi connectivity index (χ0v) is 12.2. The number of piperidine rings is 1. The van der Waals surface area contributed by atoms with E-state index in [2.05, 4.69) is 9.88 Å². The van der Waals surface area contributed by atoms with Crippen molar-refractivity contribution in [1.29, 1.82) is 0 Å². The maximum atomic E-state index is 9.93. The van der Waals surface area contributed by atoms with E-state index in [1.807, 2.05) is 18.2 Å². The van der Waals surface area contributed by atoms with Gasteiger partial charge in [0.25, 0.3) is 0 Å². The third kappa shape index (κ3) is 3.01. The van der Waals surface area contributed by atoms with Crippen molar-refractivity contribution in [3.63, 3.8) is 0 Å². The molecule has 1 aromatic carbocycles. The number of nitrogens with zero attached hydrogens (tertiary/aromatic N) is 2. The van der Waals surface area contributed by atoms with Gasteiger partial charge in [-0.05, 0) is 43.5 Å². The lowest BCUT2D eigenvalue weighted by atomic mass is 9.98. The number of pyridine rings is 1. The van der Waals surface area contributed by atoms with Gasteiger partial charge in [0.2, 0.25) is 0 Å². The number of aliphatic hydroxyl groups is 1. The highest BCUT2D eigenvalue weighted by Crippen LogP contribution is 2.28. The molecule has 0 aliphatic carbocycles. The van der Waals surface area contributed by atoms with E-state index in [9.17, 15) is 10.2 Å². The smallest absolute Gasteiger partial charge is 0.141 e. The SMILES string of the molecule is OCCC1CCCCN1Cc1ccc(O)c2ncccc12. The van der Waals surface area contributed by atoms with Crippen LogP contribution in [0.15, 0.2) is 30.5 Å². The van der Waals surface area contributed by atoms with Crippen LogP contribution >= 0.6 is 0 Å². The summed E-state index contributed by atoms with van der Waals surface area (Å²) in [5.74, 6) is 0.236. The second-order valence-electron chi connectivity index (χ2n) is 5.78. The molecule has 4 nitrogen and oxygen atoms in total. The number of rotatable bonds is 4. The number of fused-ring (bicyclic) bond motifs is 1. The average Bonchev–Trinajstić information content (AvgIpc) is 2.52. The van der Waals surface area contributed by atoms with Gasteiger partial charge in [-0.1, -0.05) is 18.6 Å². The number of phenolic OH excluding ortho intramolecular Hbond substituents is 1. The number of aromatic nitrogens is 1.